The van der Waals surface area contributed by atoms with Gasteiger partial charge in [-0.1, -0.05) is 59.6 Å². The fourth-order valence-electron chi connectivity index (χ4n) is 3.88. The number of ketones is 1. The molecule has 1 aliphatic heterocycles. The maximum atomic E-state index is 13.0. The van der Waals surface area contributed by atoms with E-state index in [1.54, 1.807) is 25.1 Å². The fourth-order valence-corrected chi connectivity index (χ4v) is 4.17. The Bertz CT molecular complexity index is 1140. The molecule has 2 heterocycles. The third kappa shape index (κ3) is 3.54. The van der Waals surface area contributed by atoms with E-state index in [-0.39, 0.29) is 17.7 Å². The molecule has 0 saturated carbocycles. The van der Waals surface area contributed by atoms with E-state index < -0.39 is 0 Å². The van der Waals surface area contributed by atoms with Gasteiger partial charge < -0.3 is 5.32 Å². The van der Waals surface area contributed by atoms with Crippen LogP contribution < -0.4 is 5.32 Å². The molecule has 0 spiro atoms. The molecule has 1 unspecified atom stereocenters. The van der Waals surface area contributed by atoms with Gasteiger partial charge in [0, 0.05) is 16.8 Å². The van der Waals surface area contributed by atoms with Gasteiger partial charge in [-0.05, 0) is 43.5 Å². The van der Waals surface area contributed by atoms with E-state index in [1.165, 1.54) is 6.92 Å². The SMILES string of the molecule is CC(=O)c1c(C)nc2c(c1-c1ccc(Cl)c(Cl)c1)C(=O)NC2Cc1ccccc1. The molecule has 1 N–H and O–H groups in total. The molecule has 0 bridgehead atoms. The lowest BCUT2D eigenvalue weighted by atomic mass is 9.90. The Kier molecular flexibility index (Phi) is 5.15. The van der Waals surface area contributed by atoms with Crippen molar-refractivity contribution in [1.82, 2.24) is 10.3 Å². The third-order valence-corrected chi connectivity index (χ3v) is 5.85. The molecule has 6 heteroatoms. The van der Waals surface area contributed by atoms with Crippen LogP contribution >= 0.6 is 23.2 Å². The Morgan fingerprint density at radius 3 is 2.45 bits per heavy atom. The average Bonchev–Trinajstić information content (AvgIpc) is 2.98. The molecule has 2 aromatic carbocycles. The lowest BCUT2D eigenvalue weighted by molar-refractivity contribution is 0.0956. The minimum Gasteiger partial charge on any atom is -0.343 e. The number of carbonyl (C=O) groups is 2. The zero-order valence-electron chi connectivity index (χ0n) is 15.9. The van der Waals surface area contributed by atoms with Crippen LogP contribution in [0.3, 0.4) is 0 Å². The van der Waals surface area contributed by atoms with Gasteiger partial charge in [0.05, 0.1) is 27.3 Å². The van der Waals surface area contributed by atoms with Crippen molar-refractivity contribution >= 4 is 34.9 Å². The maximum Gasteiger partial charge on any atom is 0.254 e. The molecular weight excluding hydrogens is 407 g/mol. The number of hydrogen-bond donors (Lipinski definition) is 1. The first-order chi connectivity index (χ1) is 13.9. The first-order valence-corrected chi connectivity index (χ1v) is 9.98. The second-order valence-electron chi connectivity index (χ2n) is 7.11. The fraction of sp³-hybridized carbons (Fsp3) is 0.174. The number of benzene rings is 2. The average molecular weight is 425 g/mol. The van der Waals surface area contributed by atoms with Gasteiger partial charge in [0.25, 0.3) is 5.91 Å². The summed E-state index contributed by atoms with van der Waals surface area (Å²) >= 11 is 12.3. The van der Waals surface area contributed by atoms with Crippen LogP contribution in [0.4, 0.5) is 0 Å². The summed E-state index contributed by atoms with van der Waals surface area (Å²) in [6.45, 7) is 3.27. The van der Waals surface area contributed by atoms with Crippen molar-refractivity contribution in [1.29, 1.82) is 0 Å². The zero-order chi connectivity index (χ0) is 20.7. The second kappa shape index (κ2) is 7.62. The first-order valence-electron chi connectivity index (χ1n) is 9.22. The first kappa shape index (κ1) is 19.6. The monoisotopic (exact) mass is 424 g/mol. The highest BCUT2D eigenvalue weighted by Crippen LogP contribution is 2.39. The Labute approximate surface area is 178 Å². The van der Waals surface area contributed by atoms with Gasteiger partial charge >= 0.3 is 0 Å². The number of aromatic nitrogens is 1. The largest absolute Gasteiger partial charge is 0.343 e. The lowest BCUT2D eigenvalue weighted by Crippen LogP contribution is -2.21. The van der Waals surface area contributed by atoms with Gasteiger partial charge in [-0.2, -0.15) is 0 Å². The van der Waals surface area contributed by atoms with E-state index in [0.29, 0.717) is 50.1 Å². The van der Waals surface area contributed by atoms with Gasteiger partial charge in [-0.3, -0.25) is 14.6 Å². The molecule has 0 aliphatic carbocycles. The summed E-state index contributed by atoms with van der Waals surface area (Å²) in [5.41, 5.74) is 4.43. The molecule has 1 amide bonds. The highest BCUT2D eigenvalue weighted by molar-refractivity contribution is 6.42. The second-order valence-corrected chi connectivity index (χ2v) is 7.92. The van der Waals surface area contributed by atoms with Crippen molar-refractivity contribution in [3.05, 3.63) is 86.7 Å². The van der Waals surface area contributed by atoms with Crippen LogP contribution in [0.25, 0.3) is 11.1 Å². The minimum atomic E-state index is -0.263. The van der Waals surface area contributed by atoms with Crippen LogP contribution in [0, 0.1) is 6.92 Å². The van der Waals surface area contributed by atoms with Crippen molar-refractivity contribution in [3.63, 3.8) is 0 Å². The molecule has 1 aliphatic rings. The Hall–Kier alpha value is -2.69. The van der Waals surface area contributed by atoms with Crippen molar-refractivity contribution in [3.8, 4) is 11.1 Å². The number of amides is 1. The number of halogens is 2. The molecular formula is C23H18Cl2N2O2. The molecule has 146 valence electrons. The number of hydrogen-bond acceptors (Lipinski definition) is 3. The summed E-state index contributed by atoms with van der Waals surface area (Å²) in [5.74, 6) is -0.393. The predicted octanol–water partition coefficient (Wildman–Crippen LogP) is 5.59. The molecule has 4 nitrogen and oxygen atoms in total. The minimum absolute atomic E-state index is 0.154. The van der Waals surface area contributed by atoms with Gasteiger partial charge in [0.1, 0.15) is 0 Å². The van der Waals surface area contributed by atoms with E-state index in [9.17, 15) is 9.59 Å². The van der Waals surface area contributed by atoms with Crippen molar-refractivity contribution in [2.24, 2.45) is 0 Å². The number of nitrogens with one attached hydrogen (secondary N) is 1. The molecule has 1 aromatic heterocycles. The van der Waals surface area contributed by atoms with E-state index in [1.807, 2.05) is 30.3 Å². The summed E-state index contributed by atoms with van der Waals surface area (Å²) < 4.78 is 0. The third-order valence-electron chi connectivity index (χ3n) is 5.11. The predicted molar refractivity (Wildman–Crippen MR) is 115 cm³/mol. The maximum absolute atomic E-state index is 13.0. The van der Waals surface area contributed by atoms with Gasteiger partial charge in [-0.15, -0.1) is 0 Å². The molecule has 4 rings (SSSR count). The van der Waals surface area contributed by atoms with E-state index in [4.69, 9.17) is 23.2 Å². The number of Topliss-reactive ketones (excluding diaryl/α,β-unsaturated/α-hetero) is 1. The topological polar surface area (TPSA) is 59.1 Å². The summed E-state index contributed by atoms with van der Waals surface area (Å²) in [6, 6.07) is 14.8. The van der Waals surface area contributed by atoms with E-state index in [0.717, 1.165) is 5.56 Å². The van der Waals surface area contributed by atoms with Crippen LogP contribution in [0.1, 0.15) is 50.6 Å². The zero-order valence-corrected chi connectivity index (χ0v) is 17.4. The van der Waals surface area contributed by atoms with Gasteiger partial charge in [-0.25, -0.2) is 0 Å². The van der Waals surface area contributed by atoms with Crippen molar-refractivity contribution in [2.45, 2.75) is 26.3 Å². The quantitative estimate of drug-likeness (QED) is 0.554. The smallest absolute Gasteiger partial charge is 0.254 e. The number of aryl methyl sites for hydroxylation is 1. The summed E-state index contributed by atoms with van der Waals surface area (Å²) in [5, 5.41) is 3.80. The number of fused-ring (bicyclic) bond motifs is 1. The van der Waals surface area contributed by atoms with Crippen LogP contribution in [0.5, 0.6) is 0 Å². The standard InChI is InChI=1S/C23H18Cl2N2O2/c1-12-19(13(2)28)20(15-8-9-16(24)17(25)11-15)21-22(26-12)18(27-23(21)29)10-14-6-4-3-5-7-14/h3-9,11,18H,10H2,1-2H3,(H,27,29). The number of carbonyl (C=O) groups excluding carboxylic acids is 2. The highest BCUT2D eigenvalue weighted by Gasteiger charge is 2.36. The summed E-state index contributed by atoms with van der Waals surface area (Å²) in [7, 11) is 0. The number of pyridine rings is 1. The summed E-state index contributed by atoms with van der Waals surface area (Å²) in [6.07, 6.45) is 0.617. The molecule has 1 atom stereocenters. The Morgan fingerprint density at radius 2 is 1.79 bits per heavy atom. The molecule has 29 heavy (non-hydrogen) atoms. The van der Waals surface area contributed by atoms with Crippen LogP contribution in [-0.2, 0) is 6.42 Å². The van der Waals surface area contributed by atoms with Gasteiger partial charge in [0.15, 0.2) is 5.78 Å². The van der Waals surface area contributed by atoms with E-state index >= 15 is 0 Å². The summed E-state index contributed by atoms with van der Waals surface area (Å²) in [4.78, 5) is 30.1. The number of nitrogens with zero attached hydrogens (tertiary/aromatic N) is 1. The molecule has 3 aromatic rings. The Balaban J connectivity index is 1.93. The van der Waals surface area contributed by atoms with Crippen LogP contribution in [-0.4, -0.2) is 16.7 Å². The number of rotatable bonds is 4. The van der Waals surface area contributed by atoms with Gasteiger partial charge in [0.2, 0.25) is 0 Å². The highest BCUT2D eigenvalue weighted by atomic mass is 35.5. The molecule has 0 saturated heterocycles. The Morgan fingerprint density at radius 1 is 1.07 bits per heavy atom. The lowest BCUT2D eigenvalue weighted by Gasteiger charge is -2.16. The van der Waals surface area contributed by atoms with Crippen LogP contribution in [0.15, 0.2) is 48.5 Å². The van der Waals surface area contributed by atoms with Crippen molar-refractivity contribution in [2.75, 3.05) is 0 Å². The van der Waals surface area contributed by atoms with E-state index in [2.05, 4.69) is 10.3 Å². The normalized spacial score (nSPS) is 15.2. The molecule has 0 radical (unpaired) electrons. The van der Waals surface area contributed by atoms with Crippen molar-refractivity contribution < 1.29 is 9.59 Å². The van der Waals surface area contributed by atoms with Crippen LogP contribution in [0.2, 0.25) is 10.0 Å². The molecule has 0 fully saturated rings.